The van der Waals surface area contributed by atoms with Crippen molar-refractivity contribution in [3.63, 3.8) is 0 Å². The number of hydrogen-bond acceptors (Lipinski definition) is 1. The molecule has 1 aromatic heterocycles. The summed E-state index contributed by atoms with van der Waals surface area (Å²) in [4.78, 5) is 11.1. The highest BCUT2D eigenvalue weighted by Gasteiger charge is 2.18. The molecule has 0 aliphatic rings. The minimum atomic E-state index is -0.958. The third-order valence-electron chi connectivity index (χ3n) is 4.37. The monoisotopic (exact) mass is 339 g/mol. The van der Waals surface area contributed by atoms with Gasteiger partial charge in [0.05, 0.1) is 11.2 Å². The van der Waals surface area contributed by atoms with E-state index in [4.69, 9.17) is 5.11 Å². The Morgan fingerprint density at radius 1 is 0.808 bits per heavy atom. The molecule has 3 nitrogen and oxygen atoms in total. The normalized spacial score (nSPS) is 11.2. The lowest BCUT2D eigenvalue weighted by Crippen LogP contribution is -1.97. The number of fused-ring (bicyclic) bond motifs is 1. The van der Waals surface area contributed by atoms with Crippen LogP contribution in [-0.4, -0.2) is 15.6 Å². The van der Waals surface area contributed by atoms with E-state index in [2.05, 4.69) is 22.8 Å². The summed E-state index contributed by atoms with van der Waals surface area (Å²) < 4.78 is 2.19. The molecule has 4 aromatic rings. The van der Waals surface area contributed by atoms with Crippen LogP contribution in [0.25, 0.3) is 33.9 Å². The molecule has 0 saturated heterocycles. The Hall–Kier alpha value is -3.59. The average molecular weight is 339 g/mol. The van der Waals surface area contributed by atoms with Gasteiger partial charge in [0.15, 0.2) is 0 Å². The lowest BCUT2D eigenvalue weighted by Gasteiger charge is -2.12. The summed E-state index contributed by atoms with van der Waals surface area (Å²) in [5.74, 6) is -0.958. The number of aliphatic carboxylic acids is 1. The fraction of sp³-hybridized carbons (Fsp3) is 0. The van der Waals surface area contributed by atoms with E-state index in [1.807, 2.05) is 66.7 Å². The van der Waals surface area contributed by atoms with E-state index in [1.165, 1.54) is 6.08 Å². The molecule has 0 atom stereocenters. The molecule has 0 unspecified atom stereocenters. The van der Waals surface area contributed by atoms with Crippen molar-refractivity contribution < 1.29 is 9.90 Å². The van der Waals surface area contributed by atoms with Gasteiger partial charge in [0.25, 0.3) is 0 Å². The van der Waals surface area contributed by atoms with Gasteiger partial charge in [0, 0.05) is 22.7 Å². The largest absolute Gasteiger partial charge is 0.478 e. The molecule has 0 aliphatic heterocycles. The van der Waals surface area contributed by atoms with Crippen LogP contribution in [0.5, 0.6) is 0 Å². The first-order valence-electron chi connectivity index (χ1n) is 8.41. The summed E-state index contributed by atoms with van der Waals surface area (Å²) >= 11 is 0. The Kier molecular flexibility index (Phi) is 4.12. The van der Waals surface area contributed by atoms with Gasteiger partial charge in [-0.3, -0.25) is 0 Å². The Bertz CT molecular complexity index is 1090. The molecular weight excluding hydrogens is 322 g/mol. The SMILES string of the molecule is O=C(O)C=Cc1c(-c2ccccc2)n(-c2ccccc2)c2ccccc12. The predicted octanol–water partition coefficient (Wildman–Crippen LogP) is 5.40. The number of aromatic nitrogens is 1. The zero-order valence-electron chi connectivity index (χ0n) is 14.0. The Labute approximate surface area is 151 Å². The number of hydrogen-bond donors (Lipinski definition) is 1. The second-order valence-corrected chi connectivity index (χ2v) is 5.99. The van der Waals surface area contributed by atoms with E-state index in [1.54, 1.807) is 6.08 Å². The van der Waals surface area contributed by atoms with Gasteiger partial charge in [-0.1, -0.05) is 66.7 Å². The number of benzene rings is 3. The van der Waals surface area contributed by atoms with Crippen LogP contribution < -0.4 is 0 Å². The van der Waals surface area contributed by atoms with E-state index >= 15 is 0 Å². The summed E-state index contributed by atoms with van der Waals surface area (Å²) in [6, 6.07) is 28.2. The zero-order chi connectivity index (χ0) is 17.9. The molecule has 26 heavy (non-hydrogen) atoms. The highest BCUT2D eigenvalue weighted by Crippen LogP contribution is 2.37. The summed E-state index contributed by atoms with van der Waals surface area (Å²) in [5, 5.41) is 10.2. The molecule has 3 aromatic carbocycles. The topological polar surface area (TPSA) is 42.2 Å². The molecule has 1 N–H and O–H groups in total. The van der Waals surface area contributed by atoms with E-state index in [0.717, 1.165) is 33.4 Å². The maximum Gasteiger partial charge on any atom is 0.328 e. The van der Waals surface area contributed by atoms with Gasteiger partial charge in [-0.15, -0.1) is 0 Å². The molecule has 0 aliphatic carbocycles. The first-order valence-corrected chi connectivity index (χ1v) is 8.41. The highest BCUT2D eigenvalue weighted by molar-refractivity contribution is 6.01. The van der Waals surface area contributed by atoms with Crippen LogP contribution in [0.15, 0.2) is 91.0 Å². The van der Waals surface area contributed by atoms with Crippen LogP contribution in [0.2, 0.25) is 0 Å². The minimum Gasteiger partial charge on any atom is -0.478 e. The third-order valence-corrected chi connectivity index (χ3v) is 4.37. The fourth-order valence-electron chi connectivity index (χ4n) is 3.31. The summed E-state index contributed by atoms with van der Waals surface area (Å²) in [6.07, 6.45) is 2.88. The second kappa shape index (κ2) is 6.73. The molecule has 0 fully saturated rings. The molecule has 0 bridgehead atoms. The smallest absolute Gasteiger partial charge is 0.328 e. The van der Waals surface area contributed by atoms with Crippen molar-refractivity contribution in [2.24, 2.45) is 0 Å². The van der Waals surface area contributed by atoms with E-state index in [0.29, 0.717) is 0 Å². The van der Waals surface area contributed by atoms with Gasteiger partial charge in [-0.2, -0.15) is 0 Å². The Morgan fingerprint density at radius 3 is 2.12 bits per heavy atom. The van der Waals surface area contributed by atoms with Gasteiger partial charge in [0.1, 0.15) is 0 Å². The van der Waals surface area contributed by atoms with Gasteiger partial charge in [0.2, 0.25) is 0 Å². The number of carboxylic acid groups (broad SMARTS) is 1. The predicted molar refractivity (Wildman–Crippen MR) is 105 cm³/mol. The van der Waals surface area contributed by atoms with Crippen LogP contribution >= 0.6 is 0 Å². The zero-order valence-corrected chi connectivity index (χ0v) is 14.0. The lowest BCUT2D eigenvalue weighted by atomic mass is 10.0. The lowest BCUT2D eigenvalue weighted by molar-refractivity contribution is -0.131. The number of carbonyl (C=O) groups is 1. The van der Waals surface area contributed by atoms with Gasteiger partial charge in [-0.25, -0.2) is 4.79 Å². The van der Waals surface area contributed by atoms with Crippen LogP contribution in [0.3, 0.4) is 0 Å². The number of rotatable bonds is 4. The molecule has 0 saturated carbocycles. The van der Waals surface area contributed by atoms with Crippen LogP contribution in [-0.2, 0) is 4.79 Å². The quantitative estimate of drug-likeness (QED) is 0.506. The Morgan fingerprint density at radius 2 is 1.42 bits per heavy atom. The van der Waals surface area contributed by atoms with Crippen LogP contribution in [0, 0.1) is 0 Å². The van der Waals surface area contributed by atoms with Crippen molar-refractivity contribution in [1.29, 1.82) is 0 Å². The van der Waals surface area contributed by atoms with E-state index in [-0.39, 0.29) is 0 Å². The third kappa shape index (κ3) is 2.80. The van der Waals surface area contributed by atoms with Crippen molar-refractivity contribution in [3.8, 4) is 16.9 Å². The maximum atomic E-state index is 11.1. The van der Waals surface area contributed by atoms with Crippen molar-refractivity contribution in [2.45, 2.75) is 0 Å². The van der Waals surface area contributed by atoms with E-state index < -0.39 is 5.97 Å². The molecule has 0 radical (unpaired) electrons. The van der Waals surface area contributed by atoms with Gasteiger partial charge in [-0.05, 0) is 29.8 Å². The average Bonchev–Trinajstić information content (AvgIpc) is 3.02. The molecule has 3 heteroatoms. The first-order chi connectivity index (χ1) is 12.8. The van der Waals surface area contributed by atoms with Crippen LogP contribution in [0.1, 0.15) is 5.56 Å². The summed E-state index contributed by atoms with van der Waals surface area (Å²) in [7, 11) is 0. The maximum absolute atomic E-state index is 11.1. The minimum absolute atomic E-state index is 0.901. The summed E-state index contributed by atoms with van der Waals surface area (Å²) in [5.41, 5.74) is 5.01. The molecule has 126 valence electrons. The molecule has 1 heterocycles. The number of nitrogens with zero attached hydrogens (tertiary/aromatic N) is 1. The number of para-hydroxylation sites is 2. The fourth-order valence-corrected chi connectivity index (χ4v) is 3.31. The van der Waals surface area contributed by atoms with Gasteiger partial charge < -0.3 is 9.67 Å². The second-order valence-electron chi connectivity index (χ2n) is 5.99. The molecule has 4 rings (SSSR count). The van der Waals surface area contributed by atoms with Crippen molar-refractivity contribution in [1.82, 2.24) is 4.57 Å². The van der Waals surface area contributed by atoms with Crippen LogP contribution in [0.4, 0.5) is 0 Å². The molecule has 0 spiro atoms. The Balaban J connectivity index is 2.13. The standard InChI is InChI=1S/C23H17NO2/c25-22(26)16-15-20-19-13-7-8-14-21(19)24(18-11-5-2-6-12-18)23(20)17-9-3-1-4-10-17/h1-16H,(H,25,26). The number of carboxylic acids is 1. The van der Waals surface area contributed by atoms with E-state index in [9.17, 15) is 4.79 Å². The van der Waals surface area contributed by atoms with Crippen molar-refractivity contribution in [3.05, 3.63) is 96.6 Å². The first kappa shape index (κ1) is 15.9. The molecule has 0 amide bonds. The highest BCUT2D eigenvalue weighted by atomic mass is 16.4. The van der Waals surface area contributed by atoms with Gasteiger partial charge >= 0.3 is 5.97 Å². The molecular formula is C23H17NO2. The summed E-state index contributed by atoms with van der Waals surface area (Å²) in [6.45, 7) is 0. The van der Waals surface area contributed by atoms with Crippen molar-refractivity contribution >= 4 is 22.9 Å². The van der Waals surface area contributed by atoms with Crippen molar-refractivity contribution in [2.75, 3.05) is 0 Å².